The smallest absolute Gasteiger partial charge is 0.120 e. The molecule has 0 aromatic heterocycles. The van der Waals surface area contributed by atoms with Crippen molar-refractivity contribution < 1.29 is 5.11 Å². The number of hydrogen-bond donors (Lipinski definition) is 1. The van der Waals surface area contributed by atoms with Crippen LogP contribution in [0.4, 0.5) is 5.69 Å². The van der Waals surface area contributed by atoms with Crippen molar-refractivity contribution in [2.24, 2.45) is 0 Å². The van der Waals surface area contributed by atoms with Crippen molar-refractivity contribution in [1.29, 1.82) is 0 Å². The van der Waals surface area contributed by atoms with Gasteiger partial charge in [-0.3, -0.25) is 0 Å². The Hall–Kier alpha value is -1.18. The van der Waals surface area contributed by atoms with Gasteiger partial charge in [0.1, 0.15) is 5.75 Å². The second-order valence-electron chi connectivity index (χ2n) is 3.02. The van der Waals surface area contributed by atoms with E-state index in [2.05, 4.69) is 0 Å². The lowest BCUT2D eigenvalue weighted by Crippen LogP contribution is -2.10. The summed E-state index contributed by atoms with van der Waals surface area (Å²) in [7, 11) is 3.96. The predicted molar refractivity (Wildman–Crippen MR) is 51.8 cm³/mol. The van der Waals surface area contributed by atoms with Gasteiger partial charge in [-0.2, -0.15) is 0 Å². The van der Waals surface area contributed by atoms with Crippen molar-refractivity contribution in [3.63, 3.8) is 0 Å². The van der Waals surface area contributed by atoms with Crippen molar-refractivity contribution in [2.45, 2.75) is 13.3 Å². The van der Waals surface area contributed by atoms with E-state index in [0.717, 1.165) is 17.7 Å². The summed E-state index contributed by atoms with van der Waals surface area (Å²) in [6.07, 6.45) is 0.861. The number of phenols is 1. The summed E-state index contributed by atoms with van der Waals surface area (Å²) in [4.78, 5) is 2.01. The lowest BCUT2D eigenvalue weighted by atomic mass is 10.1. The standard InChI is InChI=1S/C10H15NO/c1-4-8-9(11(2)3)6-5-7-10(8)12/h5-7,12H,4H2,1-3H3. The molecule has 0 heterocycles. The zero-order valence-electron chi connectivity index (χ0n) is 7.83. The molecule has 0 aliphatic heterocycles. The van der Waals surface area contributed by atoms with Crippen LogP contribution in [0.15, 0.2) is 18.2 Å². The molecule has 0 unspecified atom stereocenters. The van der Waals surface area contributed by atoms with Crippen LogP contribution in [0.3, 0.4) is 0 Å². The van der Waals surface area contributed by atoms with Crippen molar-refractivity contribution in [2.75, 3.05) is 19.0 Å². The first kappa shape index (κ1) is 8.91. The van der Waals surface area contributed by atoms with E-state index < -0.39 is 0 Å². The Balaban J connectivity index is 3.18. The maximum Gasteiger partial charge on any atom is 0.120 e. The second kappa shape index (κ2) is 3.48. The molecule has 0 saturated carbocycles. The van der Waals surface area contributed by atoms with E-state index in [1.54, 1.807) is 6.07 Å². The molecule has 66 valence electrons. The van der Waals surface area contributed by atoms with Crippen LogP contribution >= 0.6 is 0 Å². The topological polar surface area (TPSA) is 23.5 Å². The third-order valence-corrected chi connectivity index (χ3v) is 1.96. The molecule has 0 aliphatic rings. The van der Waals surface area contributed by atoms with Crippen LogP contribution in [-0.2, 0) is 6.42 Å². The molecule has 2 heteroatoms. The Morgan fingerprint density at radius 2 is 2.00 bits per heavy atom. The van der Waals surface area contributed by atoms with Crippen LogP contribution in [0.2, 0.25) is 0 Å². The molecular formula is C10H15NO. The van der Waals surface area contributed by atoms with E-state index in [0.29, 0.717) is 5.75 Å². The molecule has 0 bridgehead atoms. The number of anilines is 1. The molecule has 0 atom stereocenters. The van der Waals surface area contributed by atoms with E-state index in [1.807, 2.05) is 38.1 Å². The lowest BCUT2D eigenvalue weighted by Gasteiger charge is -2.17. The Bertz CT molecular complexity index is 269. The van der Waals surface area contributed by atoms with E-state index in [1.165, 1.54) is 0 Å². The third-order valence-electron chi connectivity index (χ3n) is 1.96. The summed E-state index contributed by atoms with van der Waals surface area (Å²) in [6, 6.07) is 5.61. The summed E-state index contributed by atoms with van der Waals surface area (Å²) < 4.78 is 0. The fourth-order valence-electron chi connectivity index (χ4n) is 1.34. The molecule has 0 spiro atoms. The highest BCUT2D eigenvalue weighted by molar-refractivity contribution is 5.58. The monoisotopic (exact) mass is 165 g/mol. The molecule has 0 aliphatic carbocycles. The maximum atomic E-state index is 9.51. The van der Waals surface area contributed by atoms with Gasteiger partial charge < -0.3 is 10.0 Å². The van der Waals surface area contributed by atoms with Gasteiger partial charge in [0.15, 0.2) is 0 Å². The Morgan fingerprint density at radius 3 is 2.42 bits per heavy atom. The molecule has 1 rings (SSSR count). The SMILES string of the molecule is CCc1c(O)cccc1N(C)C. The molecule has 0 radical (unpaired) electrons. The first-order chi connectivity index (χ1) is 5.66. The van der Waals surface area contributed by atoms with Crippen molar-refractivity contribution in [3.05, 3.63) is 23.8 Å². The van der Waals surface area contributed by atoms with Crippen LogP contribution in [-0.4, -0.2) is 19.2 Å². The normalized spacial score (nSPS) is 9.92. The molecular weight excluding hydrogens is 150 g/mol. The summed E-state index contributed by atoms with van der Waals surface area (Å²) in [5.41, 5.74) is 2.11. The van der Waals surface area contributed by atoms with Gasteiger partial charge in [0.2, 0.25) is 0 Å². The largest absolute Gasteiger partial charge is 0.508 e. The minimum absolute atomic E-state index is 0.392. The highest BCUT2D eigenvalue weighted by Crippen LogP contribution is 2.27. The third kappa shape index (κ3) is 1.52. The first-order valence-electron chi connectivity index (χ1n) is 4.15. The number of phenolic OH excluding ortho intramolecular Hbond substituents is 1. The lowest BCUT2D eigenvalue weighted by molar-refractivity contribution is 0.469. The first-order valence-corrected chi connectivity index (χ1v) is 4.15. The maximum absolute atomic E-state index is 9.51. The van der Waals surface area contributed by atoms with Gasteiger partial charge in [-0.25, -0.2) is 0 Å². The Kier molecular flexibility index (Phi) is 2.58. The van der Waals surface area contributed by atoms with E-state index in [9.17, 15) is 5.11 Å². The molecule has 1 aromatic carbocycles. The number of rotatable bonds is 2. The van der Waals surface area contributed by atoms with Crippen molar-refractivity contribution in [1.82, 2.24) is 0 Å². The van der Waals surface area contributed by atoms with Crippen LogP contribution in [0.25, 0.3) is 0 Å². The minimum atomic E-state index is 0.392. The number of benzene rings is 1. The van der Waals surface area contributed by atoms with Gasteiger partial charge in [-0.1, -0.05) is 13.0 Å². The Labute approximate surface area is 73.4 Å². The fourth-order valence-corrected chi connectivity index (χ4v) is 1.34. The quantitative estimate of drug-likeness (QED) is 0.724. The van der Waals surface area contributed by atoms with Crippen molar-refractivity contribution >= 4 is 5.69 Å². The fraction of sp³-hybridized carbons (Fsp3) is 0.400. The number of aromatic hydroxyl groups is 1. The van der Waals surface area contributed by atoms with Crippen LogP contribution in [0.5, 0.6) is 5.75 Å². The molecule has 1 aromatic rings. The Morgan fingerprint density at radius 1 is 1.33 bits per heavy atom. The van der Waals surface area contributed by atoms with E-state index in [4.69, 9.17) is 0 Å². The van der Waals surface area contributed by atoms with E-state index >= 15 is 0 Å². The van der Waals surface area contributed by atoms with E-state index in [-0.39, 0.29) is 0 Å². The summed E-state index contributed by atoms with van der Waals surface area (Å²) in [5.74, 6) is 0.392. The molecule has 0 amide bonds. The predicted octanol–water partition coefficient (Wildman–Crippen LogP) is 2.02. The highest BCUT2D eigenvalue weighted by Gasteiger charge is 2.05. The summed E-state index contributed by atoms with van der Waals surface area (Å²) >= 11 is 0. The van der Waals surface area contributed by atoms with Crippen molar-refractivity contribution in [3.8, 4) is 5.75 Å². The molecule has 0 fully saturated rings. The van der Waals surface area contributed by atoms with Crippen LogP contribution in [0.1, 0.15) is 12.5 Å². The van der Waals surface area contributed by atoms with Gasteiger partial charge in [0.05, 0.1) is 0 Å². The van der Waals surface area contributed by atoms with Crippen LogP contribution in [0, 0.1) is 0 Å². The van der Waals surface area contributed by atoms with Gasteiger partial charge >= 0.3 is 0 Å². The average Bonchev–Trinajstić information content (AvgIpc) is 2.03. The van der Waals surface area contributed by atoms with Gasteiger partial charge in [-0.05, 0) is 18.6 Å². The van der Waals surface area contributed by atoms with Crippen LogP contribution < -0.4 is 4.90 Å². The molecule has 12 heavy (non-hydrogen) atoms. The highest BCUT2D eigenvalue weighted by atomic mass is 16.3. The summed E-state index contributed by atoms with van der Waals surface area (Å²) in [5, 5.41) is 9.51. The van der Waals surface area contributed by atoms with Gasteiger partial charge in [-0.15, -0.1) is 0 Å². The number of hydrogen-bond acceptors (Lipinski definition) is 2. The number of nitrogens with zero attached hydrogens (tertiary/aromatic N) is 1. The summed E-state index contributed by atoms with van der Waals surface area (Å²) in [6.45, 7) is 2.04. The zero-order valence-corrected chi connectivity index (χ0v) is 7.83. The zero-order chi connectivity index (χ0) is 9.14. The van der Waals surface area contributed by atoms with Gasteiger partial charge in [0.25, 0.3) is 0 Å². The second-order valence-corrected chi connectivity index (χ2v) is 3.02. The van der Waals surface area contributed by atoms with Gasteiger partial charge in [0, 0.05) is 25.3 Å². The average molecular weight is 165 g/mol. The molecule has 1 N–H and O–H groups in total. The molecule has 2 nitrogen and oxygen atoms in total. The molecule has 0 saturated heterocycles. The minimum Gasteiger partial charge on any atom is -0.508 e.